The second-order valence-corrected chi connectivity index (χ2v) is 4.88. The average Bonchev–Trinajstić information content (AvgIpc) is 2.84. The summed E-state index contributed by atoms with van der Waals surface area (Å²) in [4.78, 5) is 11.8. The van der Waals surface area contributed by atoms with Gasteiger partial charge in [0, 0.05) is 10.0 Å². The fourth-order valence-electron chi connectivity index (χ4n) is 1.68. The molecule has 0 spiro atoms. The van der Waals surface area contributed by atoms with Crippen LogP contribution in [0.3, 0.4) is 0 Å². The molecule has 4 nitrogen and oxygen atoms in total. The zero-order valence-electron chi connectivity index (χ0n) is 10.7. The fourth-order valence-corrected chi connectivity index (χ4v) is 1.95. The molecule has 112 valence electrons. The van der Waals surface area contributed by atoms with E-state index in [4.69, 9.17) is 0 Å². The zero-order chi connectivity index (χ0) is 15.6. The Morgan fingerprint density at radius 2 is 1.95 bits per heavy atom. The maximum atomic E-state index is 12.9. The van der Waals surface area contributed by atoms with Crippen molar-refractivity contribution in [3.05, 3.63) is 40.1 Å². The van der Waals surface area contributed by atoms with E-state index in [2.05, 4.69) is 30.3 Å². The molecule has 1 aromatic carbocycles. The summed E-state index contributed by atoms with van der Waals surface area (Å²) in [6, 6.07) is 6.27. The van der Waals surface area contributed by atoms with Crippen molar-refractivity contribution in [2.75, 3.05) is 6.61 Å². The molecule has 0 aliphatic heterocycles. The van der Waals surface area contributed by atoms with Crippen molar-refractivity contribution in [2.24, 2.45) is 0 Å². The Kier molecular flexibility index (Phi) is 4.36. The smallest absolute Gasteiger partial charge is 0.453 e. The van der Waals surface area contributed by atoms with Crippen molar-refractivity contribution in [3.63, 3.8) is 0 Å². The number of carbonyl (C=O) groups excluding carboxylic acids is 1. The third-order valence-corrected chi connectivity index (χ3v) is 3.08. The van der Waals surface area contributed by atoms with E-state index in [1.54, 1.807) is 12.1 Å². The molecule has 0 saturated carbocycles. The molecule has 8 heteroatoms. The lowest BCUT2D eigenvalue weighted by Crippen LogP contribution is -2.13. The van der Waals surface area contributed by atoms with Crippen molar-refractivity contribution in [3.8, 4) is 11.3 Å². The Labute approximate surface area is 126 Å². The zero-order valence-corrected chi connectivity index (χ0v) is 12.3. The SMILES string of the molecule is CCOC(=O)c1c(-c2ccc(Br)cc2)noc1C(F)(F)F. The molecule has 0 amide bonds. The summed E-state index contributed by atoms with van der Waals surface area (Å²) in [5, 5.41) is 3.37. The molecule has 1 heterocycles. The molecule has 0 fully saturated rings. The van der Waals surface area contributed by atoms with Crippen LogP contribution in [-0.4, -0.2) is 17.7 Å². The van der Waals surface area contributed by atoms with E-state index >= 15 is 0 Å². The molecule has 0 saturated heterocycles. The predicted octanol–water partition coefficient (Wildman–Crippen LogP) is 4.30. The van der Waals surface area contributed by atoms with Gasteiger partial charge in [-0.2, -0.15) is 13.2 Å². The predicted molar refractivity (Wildman–Crippen MR) is 70.6 cm³/mol. The van der Waals surface area contributed by atoms with Gasteiger partial charge in [0.25, 0.3) is 5.76 Å². The van der Waals surface area contributed by atoms with Gasteiger partial charge in [0.15, 0.2) is 0 Å². The Morgan fingerprint density at radius 1 is 1.33 bits per heavy atom. The molecule has 0 aliphatic carbocycles. The number of hydrogen-bond donors (Lipinski definition) is 0. The minimum Gasteiger partial charge on any atom is -0.462 e. The first-order chi connectivity index (χ1) is 9.84. The molecule has 0 radical (unpaired) electrons. The number of benzene rings is 1. The van der Waals surface area contributed by atoms with Crippen LogP contribution in [0.15, 0.2) is 33.3 Å². The number of alkyl halides is 3. The van der Waals surface area contributed by atoms with E-state index in [1.807, 2.05) is 0 Å². The number of carbonyl (C=O) groups is 1. The van der Waals surface area contributed by atoms with E-state index < -0.39 is 23.5 Å². The highest BCUT2D eigenvalue weighted by atomic mass is 79.9. The van der Waals surface area contributed by atoms with Gasteiger partial charge in [-0.25, -0.2) is 4.79 Å². The topological polar surface area (TPSA) is 52.3 Å². The number of hydrogen-bond acceptors (Lipinski definition) is 4. The van der Waals surface area contributed by atoms with E-state index in [1.165, 1.54) is 19.1 Å². The van der Waals surface area contributed by atoms with Gasteiger partial charge in [0.05, 0.1) is 6.61 Å². The summed E-state index contributed by atoms with van der Waals surface area (Å²) in [7, 11) is 0. The van der Waals surface area contributed by atoms with Gasteiger partial charge in [-0.15, -0.1) is 0 Å². The molecule has 2 aromatic rings. The lowest BCUT2D eigenvalue weighted by Gasteiger charge is -2.06. The molecule has 21 heavy (non-hydrogen) atoms. The van der Waals surface area contributed by atoms with Crippen molar-refractivity contribution < 1.29 is 27.2 Å². The van der Waals surface area contributed by atoms with E-state index in [0.29, 0.717) is 5.56 Å². The lowest BCUT2D eigenvalue weighted by molar-refractivity contribution is -0.156. The van der Waals surface area contributed by atoms with E-state index in [9.17, 15) is 18.0 Å². The number of halogens is 4. The van der Waals surface area contributed by atoms with Crippen molar-refractivity contribution >= 4 is 21.9 Å². The minimum absolute atomic E-state index is 0.0545. The molecule has 1 aromatic heterocycles. The minimum atomic E-state index is -4.83. The van der Waals surface area contributed by atoms with Crippen LogP contribution >= 0.6 is 15.9 Å². The molecular formula is C13H9BrF3NO3. The summed E-state index contributed by atoms with van der Waals surface area (Å²) in [5.41, 5.74) is -0.597. The van der Waals surface area contributed by atoms with Crippen LogP contribution in [0, 0.1) is 0 Å². The summed E-state index contributed by atoms with van der Waals surface area (Å²) in [6.45, 7) is 1.44. The Balaban J connectivity index is 2.58. The molecule has 0 N–H and O–H groups in total. The highest BCUT2D eigenvalue weighted by Gasteiger charge is 2.43. The van der Waals surface area contributed by atoms with Crippen LogP contribution in [0.1, 0.15) is 23.0 Å². The van der Waals surface area contributed by atoms with Gasteiger partial charge >= 0.3 is 12.1 Å². The highest BCUT2D eigenvalue weighted by Crippen LogP contribution is 2.37. The number of nitrogens with zero attached hydrogens (tertiary/aromatic N) is 1. The lowest BCUT2D eigenvalue weighted by atomic mass is 10.1. The highest BCUT2D eigenvalue weighted by molar-refractivity contribution is 9.10. The number of ether oxygens (including phenoxy) is 1. The maximum Gasteiger partial charge on any atom is 0.453 e. The normalized spacial score (nSPS) is 11.5. The molecule has 0 aliphatic rings. The van der Waals surface area contributed by atoms with Crippen molar-refractivity contribution in [1.29, 1.82) is 0 Å². The molecule has 0 atom stereocenters. The second-order valence-electron chi connectivity index (χ2n) is 3.96. The Morgan fingerprint density at radius 3 is 2.48 bits per heavy atom. The first kappa shape index (κ1) is 15.6. The van der Waals surface area contributed by atoms with Gasteiger partial charge in [0.2, 0.25) is 0 Å². The maximum absolute atomic E-state index is 12.9. The standard InChI is InChI=1S/C13H9BrF3NO3/c1-2-20-12(19)9-10(7-3-5-8(14)6-4-7)18-21-11(9)13(15,16)17/h3-6H,2H2,1H3. The molecule has 2 rings (SSSR count). The average molecular weight is 364 g/mol. The second kappa shape index (κ2) is 5.88. The Bertz CT molecular complexity index is 650. The quantitative estimate of drug-likeness (QED) is 0.763. The van der Waals surface area contributed by atoms with E-state index in [0.717, 1.165) is 4.47 Å². The van der Waals surface area contributed by atoms with Crippen LogP contribution in [0.2, 0.25) is 0 Å². The summed E-state index contributed by atoms with van der Waals surface area (Å²) in [6.07, 6.45) is -4.83. The van der Waals surface area contributed by atoms with Crippen LogP contribution < -0.4 is 0 Å². The summed E-state index contributed by atoms with van der Waals surface area (Å²) in [5.74, 6) is -2.58. The number of esters is 1. The van der Waals surface area contributed by atoms with Gasteiger partial charge in [-0.1, -0.05) is 33.2 Å². The van der Waals surface area contributed by atoms with Crippen LogP contribution in [0.4, 0.5) is 13.2 Å². The Hall–Kier alpha value is -1.83. The third-order valence-electron chi connectivity index (χ3n) is 2.55. The molecule has 0 unspecified atom stereocenters. The van der Waals surface area contributed by atoms with Crippen molar-refractivity contribution in [1.82, 2.24) is 5.16 Å². The fraction of sp³-hybridized carbons (Fsp3) is 0.231. The van der Waals surface area contributed by atoms with Gasteiger partial charge < -0.3 is 9.26 Å². The van der Waals surface area contributed by atoms with Crippen LogP contribution in [-0.2, 0) is 10.9 Å². The van der Waals surface area contributed by atoms with Crippen LogP contribution in [0.5, 0.6) is 0 Å². The third kappa shape index (κ3) is 3.26. The van der Waals surface area contributed by atoms with Gasteiger partial charge in [-0.05, 0) is 19.1 Å². The van der Waals surface area contributed by atoms with Crippen molar-refractivity contribution in [2.45, 2.75) is 13.1 Å². The first-order valence-corrected chi connectivity index (χ1v) is 6.63. The molecular weight excluding hydrogens is 355 g/mol. The number of rotatable bonds is 3. The monoisotopic (exact) mass is 363 g/mol. The van der Waals surface area contributed by atoms with Gasteiger partial charge in [-0.3, -0.25) is 0 Å². The first-order valence-electron chi connectivity index (χ1n) is 5.84. The summed E-state index contributed by atoms with van der Waals surface area (Å²) < 4.78 is 48.4. The van der Waals surface area contributed by atoms with Gasteiger partial charge in [0.1, 0.15) is 11.3 Å². The van der Waals surface area contributed by atoms with Crippen LogP contribution in [0.25, 0.3) is 11.3 Å². The largest absolute Gasteiger partial charge is 0.462 e. The number of aromatic nitrogens is 1. The van der Waals surface area contributed by atoms with E-state index in [-0.39, 0.29) is 12.3 Å². The summed E-state index contributed by atoms with van der Waals surface area (Å²) >= 11 is 3.21. The molecule has 0 bridgehead atoms.